The van der Waals surface area contributed by atoms with Gasteiger partial charge in [0.05, 0.1) is 11.5 Å². The largest absolute Gasteiger partial charge is 0.301 e. The maximum Gasteiger partial charge on any atom is 0.0865 e. The molecule has 28 heavy (non-hydrogen) atoms. The topological polar surface area (TPSA) is 27.0 Å². The minimum absolute atomic E-state index is 0.430. The van der Waals surface area contributed by atoms with Gasteiger partial charge in [-0.05, 0) is 75.6 Å². The van der Waals surface area contributed by atoms with E-state index in [2.05, 4.69) is 61.2 Å². The van der Waals surface area contributed by atoms with E-state index >= 15 is 0 Å². The van der Waals surface area contributed by atoms with Crippen molar-refractivity contribution in [2.75, 3.05) is 13.1 Å². The van der Waals surface area contributed by atoms with Gasteiger partial charge >= 0.3 is 0 Å². The molecule has 148 valence electrons. The van der Waals surface area contributed by atoms with Gasteiger partial charge in [-0.2, -0.15) is 5.26 Å². The Hall–Kier alpha value is -1.82. The fourth-order valence-corrected chi connectivity index (χ4v) is 4.58. The van der Waals surface area contributed by atoms with Gasteiger partial charge < -0.3 is 4.90 Å². The first-order chi connectivity index (χ1) is 13.6. The van der Waals surface area contributed by atoms with E-state index < -0.39 is 5.41 Å². The zero-order valence-corrected chi connectivity index (χ0v) is 17.8. The van der Waals surface area contributed by atoms with Gasteiger partial charge in [-0.25, -0.2) is 0 Å². The van der Waals surface area contributed by atoms with Crippen molar-refractivity contribution in [2.45, 2.75) is 57.4 Å². The van der Waals surface area contributed by atoms with E-state index in [1.165, 1.54) is 5.56 Å². The molecule has 1 unspecified atom stereocenters. The molecule has 0 saturated heterocycles. The van der Waals surface area contributed by atoms with Crippen LogP contribution in [0.2, 0.25) is 5.02 Å². The van der Waals surface area contributed by atoms with Gasteiger partial charge in [0.25, 0.3) is 0 Å². The molecule has 0 radical (unpaired) electrons. The van der Waals surface area contributed by atoms with Gasteiger partial charge in [-0.3, -0.25) is 0 Å². The quantitative estimate of drug-likeness (QED) is 0.476. The predicted molar refractivity (Wildman–Crippen MR) is 118 cm³/mol. The fraction of sp³-hybridized carbons (Fsp3) is 0.480. The molecule has 1 atom stereocenters. The molecule has 0 bridgehead atoms. The lowest BCUT2D eigenvalue weighted by Gasteiger charge is -2.31. The van der Waals surface area contributed by atoms with Crippen LogP contribution in [0.3, 0.4) is 0 Å². The minimum atomic E-state index is -0.430. The standard InChI is InChI=1S/C25H31ClN2/c1-20(2)28(18-15-21-9-4-3-5-10-21)17-8-16-25(19-27,22-13-14-22)23-11-6-7-12-24(23)26/h3-7,9-12,20,22H,8,13-18H2,1-2H3. The summed E-state index contributed by atoms with van der Waals surface area (Å²) in [6.07, 6.45) is 5.24. The summed E-state index contributed by atoms with van der Waals surface area (Å²) in [6.45, 7) is 6.59. The summed E-state index contributed by atoms with van der Waals surface area (Å²) in [5.74, 6) is 0.453. The molecule has 0 spiro atoms. The zero-order valence-electron chi connectivity index (χ0n) is 17.1. The Kier molecular flexibility index (Phi) is 7.16. The van der Waals surface area contributed by atoms with Crippen LogP contribution in [0.15, 0.2) is 54.6 Å². The summed E-state index contributed by atoms with van der Waals surface area (Å²) < 4.78 is 0. The number of nitriles is 1. The number of rotatable bonds is 10. The van der Waals surface area contributed by atoms with Crippen LogP contribution in [0.4, 0.5) is 0 Å². The van der Waals surface area contributed by atoms with Crippen molar-refractivity contribution in [3.05, 3.63) is 70.7 Å². The van der Waals surface area contributed by atoms with Crippen molar-refractivity contribution in [3.63, 3.8) is 0 Å². The normalized spacial score (nSPS) is 16.1. The van der Waals surface area contributed by atoms with Crippen LogP contribution in [0.5, 0.6) is 0 Å². The Morgan fingerprint density at radius 1 is 1.07 bits per heavy atom. The van der Waals surface area contributed by atoms with Gasteiger partial charge in [0.2, 0.25) is 0 Å². The smallest absolute Gasteiger partial charge is 0.0865 e. The molecule has 2 aromatic rings. The van der Waals surface area contributed by atoms with E-state index in [-0.39, 0.29) is 0 Å². The number of hydrogen-bond acceptors (Lipinski definition) is 2. The van der Waals surface area contributed by atoms with Crippen LogP contribution in [0.25, 0.3) is 0 Å². The Morgan fingerprint density at radius 3 is 2.36 bits per heavy atom. The molecule has 1 aliphatic rings. The van der Waals surface area contributed by atoms with Crippen LogP contribution in [-0.4, -0.2) is 24.0 Å². The minimum Gasteiger partial charge on any atom is -0.301 e. The second kappa shape index (κ2) is 9.59. The van der Waals surface area contributed by atoms with Crippen LogP contribution < -0.4 is 0 Å². The molecule has 3 heteroatoms. The Bertz CT molecular complexity index is 792. The summed E-state index contributed by atoms with van der Waals surface area (Å²) in [5.41, 5.74) is 1.98. The van der Waals surface area contributed by atoms with E-state index in [1.54, 1.807) is 0 Å². The third-order valence-electron chi connectivity index (χ3n) is 6.11. The number of hydrogen-bond donors (Lipinski definition) is 0. The van der Waals surface area contributed by atoms with E-state index in [9.17, 15) is 5.26 Å². The first-order valence-corrected chi connectivity index (χ1v) is 10.9. The van der Waals surface area contributed by atoms with E-state index in [1.807, 2.05) is 18.2 Å². The second-order valence-corrected chi connectivity index (χ2v) is 8.71. The third kappa shape index (κ3) is 4.96. The summed E-state index contributed by atoms with van der Waals surface area (Å²) in [7, 11) is 0. The van der Waals surface area contributed by atoms with E-state index in [0.29, 0.717) is 12.0 Å². The summed E-state index contributed by atoms with van der Waals surface area (Å²) in [4.78, 5) is 2.54. The first-order valence-electron chi connectivity index (χ1n) is 10.5. The average molecular weight is 395 g/mol. The number of halogens is 1. The Morgan fingerprint density at radius 2 is 1.75 bits per heavy atom. The molecule has 0 N–H and O–H groups in total. The molecule has 2 aromatic carbocycles. The van der Waals surface area contributed by atoms with Gasteiger partial charge in [0.1, 0.15) is 0 Å². The van der Waals surface area contributed by atoms with Crippen LogP contribution in [0.1, 0.15) is 50.7 Å². The van der Waals surface area contributed by atoms with Crippen molar-refractivity contribution < 1.29 is 0 Å². The van der Waals surface area contributed by atoms with Crippen LogP contribution in [0, 0.1) is 17.2 Å². The Balaban J connectivity index is 1.64. The average Bonchev–Trinajstić information content (AvgIpc) is 3.55. The van der Waals surface area contributed by atoms with Gasteiger partial charge in [0, 0.05) is 17.6 Å². The van der Waals surface area contributed by atoms with Crippen molar-refractivity contribution >= 4 is 11.6 Å². The number of benzene rings is 2. The highest BCUT2D eigenvalue weighted by atomic mass is 35.5. The van der Waals surface area contributed by atoms with E-state index in [0.717, 1.165) is 55.8 Å². The first kappa shape index (κ1) is 20.9. The number of nitrogens with zero attached hydrogens (tertiary/aromatic N) is 2. The van der Waals surface area contributed by atoms with Gasteiger partial charge in [0.15, 0.2) is 0 Å². The highest BCUT2D eigenvalue weighted by Gasteiger charge is 2.47. The lowest BCUT2D eigenvalue weighted by molar-refractivity contribution is 0.213. The molecule has 0 aromatic heterocycles. The zero-order chi connectivity index (χ0) is 20.0. The molecule has 1 aliphatic carbocycles. The van der Waals surface area contributed by atoms with E-state index in [4.69, 9.17) is 11.6 Å². The summed E-state index contributed by atoms with van der Waals surface area (Å²) in [5, 5.41) is 10.9. The molecule has 0 amide bonds. The summed E-state index contributed by atoms with van der Waals surface area (Å²) in [6, 6.07) is 21.8. The van der Waals surface area contributed by atoms with Crippen molar-refractivity contribution in [3.8, 4) is 6.07 Å². The maximum absolute atomic E-state index is 10.2. The lowest BCUT2D eigenvalue weighted by Crippen LogP contribution is -2.35. The van der Waals surface area contributed by atoms with Crippen molar-refractivity contribution in [1.29, 1.82) is 5.26 Å². The monoisotopic (exact) mass is 394 g/mol. The molecule has 1 fully saturated rings. The lowest BCUT2D eigenvalue weighted by atomic mass is 9.73. The SMILES string of the molecule is CC(C)N(CCCC(C#N)(c1ccccc1Cl)C1CC1)CCc1ccccc1. The molecule has 1 saturated carbocycles. The third-order valence-corrected chi connectivity index (χ3v) is 6.44. The Labute approximate surface area is 175 Å². The van der Waals surface area contributed by atoms with Crippen LogP contribution in [-0.2, 0) is 11.8 Å². The van der Waals surface area contributed by atoms with Gasteiger partial charge in [-0.1, -0.05) is 60.1 Å². The van der Waals surface area contributed by atoms with Crippen molar-refractivity contribution in [1.82, 2.24) is 4.90 Å². The second-order valence-electron chi connectivity index (χ2n) is 8.31. The predicted octanol–water partition coefficient (Wildman–Crippen LogP) is 6.24. The van der Waals surface area contributed by atoms with Crippen LogP contribution >= 0.6 is 11.6 Å². The molecule has 2 nitrogen and oxygen atoms in total. The molecular weight excluding hydrogens is 364 g/mol. The van der Waals surface area contributed by atoms with Crippen molar-refractivity contribution in [2.24, 2.45) is 5.92 Å². The highest BCUT2D eigenvalue weighted by Crippen LogP contribution is 2.51. The molecule has 0 heterocycles. The highest BCUT2D eigenvalue weighted by molar-refractivity contribution is 6.31. The summed E-state index contributed by atoms with van der Waals surface area (Å²) >= 11 is 6.51. The maximum atomic E-state index is 10.2. The molecular formula is C25H31ClN2. The molecule has 3 rings (SSSR count). The molecule has 0 aliphatic heterocycles. The van der Waals surface area contributed by atoms with Gasteiger partial charge in [-0.15, -0.1) is 0 Å². The fourth-order valence-electron chi connectivity index (χ4n) is 4.27.